The molecule has 4 aliphatic carbocycles. The lowest BCUT2D eigenvalue weighted by atomic mass is 9.58. The third-order valence-electron chi connectivity index (χ3n) is 27.1. The van der Waals surface area contributed by atoms with E-state index < -0.39 is 13.7 Å². The highest BCUT2D eigenvalue weighted by Crippen LogP contribution is 2.58. The van der Waals surface area contributed by atoms with Gasteiger partial charge in [-0.1, -0.05) is 270 Å². The van der Waals surface area contributed by atoms with Crippen LogP contribution >= 0.6 is 0 Å². The number of fused-ring (bicyclic) bond motifs is 8. The Labute approximate surface area is 683 Å². The van der Waals surface area contributed by atoms with Crippen LogP contribution in [0.2, 0.25) is 0 Å². The number of hydrogen-bond acceptors (Lipinski definition) is 0. The van der Waals surface area contributed by atoms with Crippen LogP contribution in [0.4, 0.5) is 0 Å². The second-order valence-electron chi connectivity index (χ2n) is 37.9. The molecule has 576 valence electrons. The minimum absolute atomic E-state index is 0.0117. The molecule has 0 saturated carbocycles. The van der Waals surface area contributed by atoms with E-state index in [0.717, 1.165) is 17.0 Å². The summed E-state index contributed by atoms with van der Waals surface area (Å²) in [5.74, 6) is 0.531. The largest absolute Gasteiger partial charge is 0.213 e. The second kappa shape index (κ2) is 28.5. The van der Waals surface area contributed by atoms with Gasteiger partial charge in [0, 0.05) is 98.1 Å². The number of aryl methyl sites for hydroxylation is 13. The average molecular weight is 1490 g/mol. The van der Waals surface area contributed by atoms with E-state index in [1.54, 1.807) is 18.5 Å². The molecule has 4 heteroatoms. The van der Waals surface area contributed by atoms with E-state index in [1.165, 1.54) is 162 Å². The van der Waals surface area contributed by atoms with E-state index in [1.807, 2.05) is 42.3 Å². The Morgan fingerprint density at radius 3 is 0.777 bits per heavy atom. The first-order valence-electron chi connectivity index (χ1n) is 43.7. The zero-order valence-corrected chi connectivity index (χ0v) is 73.0. The number of benzene rings is 8. The highest BCUT2D eigenvalue weighted by atomic mass is 14.9. The van der Waals surface area contributed by atoms with Crippen LogP contribution in [0.5, 0.6) is 0 Å². The maximum Gasteiger partial charge on any atom is 0.213 e. The molecule has 0 N–H and O–H groups in total. The Balaban J connectivity index is 0.000000136. The average Bonchev–Trinajstić information content (AvgIpc) is 0.721. The molecule has 0 saturated heterocycles. The summed E-state index contributed by atoms with van der Waals surface area (Å²) in [5.41, 5.74) is 42.5. The Hall–Kier alpha value is -9.64. The van der Waals surface area contributed by atoms with Gasteiger partial charge in [-0.25, -0.2) is 18.3 Å². The lowest BCUT2D eigenvalue weighted by Crippen LogP contribution is -2.39. The summed E-state index contributed by atoms with van der Waals surface area (Å²) in [6, 6.07) is 66.7. The van der Waals surface area contributed by atoms with Crippen LogP contribution in [0, 0.1) is 62.2 Å². The van der Waals surface area contributed by atoms with Gasteiger partial charge in [0.05, 0.1) is 22.3 Å². The molecule has 16 rings (SSSR count). The van der Waals surface area contributed by atoms with Crippen LogP contribution in [-0.2, 0) is 71.5 Å². The minimum Gasteiger partial charge on any atom is -0.201 e. The first-order valence-corrected chi connectivity index (χ1v) is 40.7. The van der Waals surface area contributed by atoms with E-state index in [9.17, 15) is 0 Å². The van der Waals surface area contributed by atoms with Crippen molar-refractivity contribution in [3.8, 4) is 45.0 Å². The highest BCUT2D eigenvalue weighted by Gasteiger charge is 2.49. The molecular weight excluding hydrogens is 1350 g/mol. The number of hydrogen-bond donors (Lipinski definition) is 0. The van der Waals surface area contributed by atoms with E-state index >= 15 is 0 Å². The van der Waals surface area contributed by atoms with Gasteiger partial charge >= 0.3 is 0 Å². The zero-order valence-electron chi connectivity index (χ0n) is 79.0. The third-order valence-corrected chi connectivity index (χ3v) is 27.1. The van der Waals surface area contributed by atoms with Crippen LogP contribution in [0.15, 0.2) is 207 Å². The van der Waals surface area contributed by atoms with Gasteiger partial charge in [0.1, 0.15) is 28.2 Å². The fourth-order valence-corrected chi connectivity index (χ4v) is 20.5. The summed E-state index contributed by atoms with van der Waals surface area (Å²) in [6.07, 6.45) is 8.09. The standard InChI is InChI=1S/C28H34N.2C27H32N.C26H30N/c1-18(2)20-14-16-24(29(8)17-20)25-19(3)13-15-23-26(25)28(6,7)22-12-10-9-11-21(22)27(23,4)5;2*1-17-13-14-22-25(24(17)23-15-18(2)19(3)16-28(23)8)27(6,7)21-12-10-9-11-20(21)26(22,4)5;1-17-12-15-22(27(7)16-17)23-18(2)13-14-21-24(23)26(5,6)20-11-9-8-10-19(20)25(21,3)4/h9-18H,1-8H3;2*9-16H,1-8H3;8-16H,1-7H3/q4*+1/i;3D3;;1D3. The van der Waals surface area contributed by atoms with Crippen LogP contribution in [0.1, 0.15) is 283 Å². The maximum absolute atomic E-state index is 7.90. The van der Waals surface area contributed by atoms with Crippen LogP contribution in [0.25, 0.3) is 45.0 Å². The van der Waals surface area contributed by atoms with E-state index in [2.05, 4.69) is 366 Å². The molecule has 0 atom stereocenters. The quantitative estimate of drug-likeness (QED) is 0.153. The van der Waals surface area contributed by atoms with Crippen molar-refractivity contribution in [2.75, 3.05) is 0 Å². The molecule has 0 radical (unpaired) electrons. The molecular formula is C108H128N4+4. The summed E-state index contributed by atoms with van der Waals surface area (Å²) >= 11 is 0. The van der Waals surface area contributed by atoms with Crippen molar-refractivity contribution >= 4 is 0 Å². The van der Waals surface area contributed by atoms with Crippen molar-refractivity contribution in [3.05, 3.63) is 351 Å². The van der Waals surface area contributed by atoms with E-state index in [4.69, 9.17) is 8.22 Å². The molecule has 12 aromatic rings. The molecule has 0 aliphatic heterocycles. The van der Waals surface area contributed by atoms with Crippen molar-refractivity contribution in [2.45, 2.75) is 236 Å². The van der Waals surface area contributed by atoms with Crippen molar-refractivity contribution in [1.29, 1.82) is 0 Å². The van der Waals surface area contributed by atoms with Gasteiger partial charge in [0.15, 0.2) is 24.8 Å². The minimum atomic E-state index is -2.12. The molecule has 4 aliphatic rings. The first-order chi connectivity index (χ1) is 54.8. The molecule has 4 heterocycles. The number of nitrogens with zero attached hydrogens (tertiary/aromatic N) is 4. The van der Waals surface area contributed by atoms with Crippen molar-refractivity contribution in [2.24, 2.45) is 28.2 Å². The monoisotopic (exact) mass is 1490 g/mol. The maximum atomic E-state index is 7.90. The van der Waals surface area contributed by atoms with Crippen LogP contribution < -0.4 is 18.3 Å². The highest BCUT2D eigenvalue weighted by molar-refractivity contribution is 5.80. The van der Waals surface area contributed by atoms with E-state index in [-0.39, 0.29) is 43.3 Å². The van der Waals surface area contributed by atoms with Crippen molar-refractivity contribution in [3.63, 3.8) is 0 Å². The molecule has 4 nitrogen and oxygen atoms in total. The molecule has 0 bridgehead atoms. The molecule has 0 amide bonds. The number of pyridine rings is 4. The molecule has 0 unspecified atom stereocenters. The number of rotatable bonds is 5. The predicted octanol–water partition coefficient (Wildman–Crippen LogP) is 24.5. The lowest BCUT2D eigenvalue weighted by molar-refractivity contribution is -0.661. The summed E-state index contributed by atoms with van der Waals surface area (Å²) in [4.78, 5) is 0. The normalized spacial score (nSPS) is 17.5. The Morgan fingerprint density at radius 1 is 0.241 bits per heavy atom. The second-order valence-corrected chi connectivity index (χ2v) is 37.9. The zero-order chi connectivity index (χ0) is 86.6. The third kappa shape index (κ3) is 13.0. The summed E-state index contributed by atoms with van der Waals surface area (Å²) in [6.45, 7) is 53.0. The van der Waals surface area contributed by atoms with Gasteiger partial charge in [0.2, 0.25) is 22.8 Å². The Kier molecular flexibility index (Phi) is 18.5. The van der Waals surface area contributed by atoms with Crippen LogP contribution in [0.3, 0.4) is 0 Å². The van der Waals surface area contributed by atoms with Gasteiger partial charge in [-0.2, -0.15) is 0 Å². The molecule has 8 aromatic carbocycles. The summed E-state index contributed by atoms with van der Waals surface area (Å²) in [7, 11) is 8.26. The lowest BCUT2D eigenvalue weighted by Gasteiger charge is -2.45. The predicted molar refractivity (Wildman–Crippen MR) is 472 cm³/mol. The van der Waals surface area contributed by atoms with Crippen LogP contribution in [-0.4, -0.2) is 0 Å². The van der Waals surface area contributed by atoms with Gasteiger partial charge in [-0.15, -0.1) is 0 Å². The topological polar surface area (TPSA) is 15.5 Å². The first kappa shape index (κ1) is 72.6. The van der Waals surface area contributed by atoms with Gasteiger partial charge in [-0.05, 0) is 203 Å². The molecule has 0 spiro atoms. The smallest absolute Gasteiger partial charge is 0.201 e. The SMILES string of the molecule is Cc1cc(-c2c(C)ccc3c2C(C)(C)c2ccccc2C3(C)C)[n+](C)cc1C.Cc1ccc2c(c1-c1ccc(C(C)C)c[n+]1C)C(C)(C)c1ccccc1C2(C)C.[2H]C([2H])([2H])c1c[n+](C)c(-c2c(C)ccc3c2C(C)(C)c2ccccc2C3(C)C)cc1C.[2H]C([2H])([2H])c1ccc(-c2c(C)ccc3c2C(C)(C)c2ccccc2C3(C)C)[n+](C)c1. The fourth-order valence-electron chi connectivity index (χ4n) is 20.5. The molecule has 112 heavy (non-hydrogen) atoms. The molecule has 0 fully saturated rings. The van der Waals surface area contributed by atoms with E-state index in [0.29, 0.717) is 17.0 Å². The Morgan fingerprint density at radius 2 is 0.500 bits per heavy atom. The van der Waals surface area contributed by atoms with Gasteiger partial charge in [0.25, 0.3) is 0 Å². The summed E-state index contributed by atoms with van der Waals surface area (Å²) < 4.78 is 55.5. The number of aromatic nitrogens is 4. The molecule has 4 aromatic heterocycles. The van der Waals surface area contributed by atoms with Gasteiger partial charge < -0.3 is 0 Å². The van der Waals surface area contributed by atoms with Gasteiger partial charge in [-0.3, -0.25) is 0 Å². The Bertz CT molecular complexity index is 6020. The van der Waals surface area contributed by atoms with Crippen molar-refractivity contribution < 1.29 is 26.5 Å². The fraction of sp³-hybridized carbons (Fsp3) is 0.370. The summed E-state index contributed by atoms with van der Waals surface area (Å²) in [5, 5.41) is 0. The van der Waals surface area contributed by atoms with Crippen molar-refractivity contribution in [1.82, 2.24) is 0 Å².